The zero-order valence-corrected chi connectivity index (χ0v) is 12.8. The molecule has 116 valence electrons. The molecule has 0 amide bonds. The SMILES string of the molecule is CC1N(CC(=O)O)NC(S)N1c1ccc(S(=O)(=O)O)cc1. The Hall–Kier alpha value is -1.33. The first kappa shape index (κ1) is 16.0. The van der Waals surface area contributed by atoms with Crippen LogP contribution in [0.15, 0.2) is 29.2 Å². The summed E-state index contributed by atoms with van der Waals surface area (Å²) < 4.78 is 31.0. The van der Waals surface area contributed by atoms with Crippen molar-refractivity contribution in [3.63, 3.8) is 0 Å². The number of carboxylic acids is 1. The number of aliphatic carboxylic acids is 1. The molecule has 0 spiro atoms. The Labute approximate surface area is 127 Å². The summed E-state index contributed by atoms with van der Waals surface area (Å²) in [5.74, 6) is -0.974. The molecule has 1 aliphatic heterocycles. The first-order valence-electron chi connectivity index (χ1n) is 5.98. The number of hydrazine groups is 1. The summed E-state index contributed by atoms with van der Waals surface area (Å²) in [5.41, 5.74) is 3.10. The molecule has 3 N–H and O–H groups in total. The Balaban J connectivity index is 2.23. The summed E-state index contributed by atoms with van der Waals surface area (Å²) in [6, 6.07) is 5.60. The Morgan fingerprint density at radius 3 is 2.43 bits per heavy atom. The van der Waals surface area contributed by atoms with Crippen molar-refractivity contribution in [2.45, 2.75) is 23.5 Å². The smallest absolute Gasteiger partial charge is 0.319 e. The Morgan fingerprint density at radius 1 is 1.38 bits per heavy atom. The van der Waals surface area contributed by atoms with Crippen molar-refractivity contribution < 1.29 is 22.9 Å². The van der Waals surface area contributed by atoms with Crippen molar-refractivity contribution in [3.05, 3.63) is 24.3 Å². The molecule has 0 aromatic heterocycles. The second-order valence-electron chi connectivity index (χ2n) is 4.53. The van der Waals surface area contributed by atoms with Gasteiger partial charge in [-0.3, -0.25) is 9.35 Å². The van der Waals surface area contributed by atoms with E-state index in [4.69, 9.17) is 9.66 Å². The van der Waals surface area contributed by atoms with Gasteiger partial charge in [-0.15, -0.1) is 12.6 Å². The summed E-state index contributed by atoms with van der Waals surface area (Å²) in [4.78, 5) is 12.4. The van der Waals surface area contributed by atoms with Gasteiger partial charge >= 0.3 is 5.97 Å². The van der Waals surface area contributed by atoms with E-state index in [1.54, 1.807) is 11.8 Å². The first-order valence-corrected chi connectivity index (χ1v) is 7.94. The van der Waals surface area contributed by atoms with E-state index >= 15 is 0 Å². The van der Waals surface area contributed by atoms with Gasteiger partial charge in [0.1, 0.15) is 12.0 Å². The molecule has 10 heteroatoms. The number of thiol groups is 1. The molecular weight excluding hydrogens is 318 g/mol. The minimum Gasteiger partial charge on any atom is -0.480 e. The molecule has 1 heterocycles. The third-order valence-electron chi connectivity index (χ3n) is 3.14. The highest BCUT2D eigenvalue weighted by Gasteiger charge is 2.35. The summed E-state index contributed by atoms with van der Waals surface area (Å²) in [6.45, 7) is 1.60. The van der Waals surface area contributed by atoms with E-state index in [-0.39, 0.29) is 17.6 Å². The maximum absolute atomic E-state index is 11.0. The maximum Gasteiger partial charge on any atom is 0.319 e. The molecule has 1 saturated heterocycles. The quantitative estimate of drug-likeness (QED) is 0.457. The van der Waals surface area contributed by atoms with Gasteiger partial charge in [0, 0.05) is 5.69 Å². The average molecular weight is 333 g/mol. The van der Waals surface area contributed by atoms with Crippen LogP contribution in [0.1, 0.15) is 6.92 Å². The monoisotopic (exact) mass is 333 g/mol. The van der Waals surface area contributed by atoms with Crippen LogP contribution in [0, 0.1) is 0 Å². The van der Waals surface area contributed by atoms with Crippen molar-refractivity contribution in [3.8, 4) is 0 Å². The van der Waals surface area contributed by atoms with Gasteiger partial charge in [0.15, 0.2) is 0 Å². The molecule has 21 heavy (non-hydrogen) atoms. The molecule has 0 aliphatic carbocycles. The van der Waals surface area contributed by atoms with Crippen LogP contribution in [0.2, 0.25) is 0 Å². The number of carbonyl (C=O) groups is 1. The first-order chi connectivity index (χ1) is 9.70. The number of nitrogens with one attached hydrogen (secondary N) is 1. The maximum atomic E-state index is 11.0. The van der Waals surface area contributed by atoms with E-state index in [1.807, 2.05) is 0 Å². The molecule has 1 aromatic rings. The zero-order chi connectivity index (χ0) is 15.8. The van der Waals surface area contributed by atoms with Gasteiger partial charge in [-0.25, -0.2) is 10.4 Å². The molecular formula is C11H15N3O5S2. The minimum atomic E-state index is -4.24. The van der Waals surface area contributed by atoms with Crippen LogP contribution in [0.25, 0.3) is 0 Å². The van der Waals surface area contributed by atoms with Gasteiger partial charge in [-0.1, -0.05) is 0 Å². The molecule has 1 fully saturated rings. The van der Waals surface area contributed by atoms with E-state index in [0.717, 1.165) is 0 Å². The van der Waals surface area contributed by atoms with E-state index in [2.05, 4.69) is 18.1 Å². The molecule has 1 aromatic carbocycles. The van der Waals surface area contributed by atoms with E-state index in [9.17, 15) is 13.2 Å². The van der Waals surface area contributed by atoms with Crippen molar-refractivity contribution in [1.29, 1.82) is 0 Å². The number of nitrogens with zero attached hydrogens (tertiary/aromatic N) is 2. The molecule has 2 unspecified atom stereocenters. The highest BCUT2D eigenvalue weighted by atomic mass is 32.2. The number of anilines is 1. The fourth-order valence-corrected chi connectivity index (χ4v) is 3.10. The number of rotatable bonds is 4. The van der Waals surface area contributed by atoms with Gasteiger partial charge in [0.05, 0.1) is 11.1 Å². The van der Waals surface area contributed by atoms with E-state index in [0.29, 0.717) is 5.69 Å². The van der Waals surface area contributed by atoms with Crippen molar-refractivity contribution in [2.24, 2.45) is 0 Å². The lowest BCUT2D eigenvalue weighted by atomic mass is 10.3. The van der Waals surface area contributed by atoms with Crippen LogP contribution >= 0.6 is 12.6 Å². The molecule has 0 radical (unpaired) electrons. The molecule has 1 aliphatic rings. The lowest BCUT2D eigenvalue weighted by molar-refractivity contribution is -0.139. The Bertz CT molecular complexity index is 634. The molecule has 0 bridgehead atoms. The standard InChI is InChI=1S/C11H15N3O5S2/c1-7-13(6-10(15)16)12-11(20)14(7)8-2-4-9(5-3-8)21(17,18)19/h2-5,7,11-12,20H,6H2,1H3,(H,15,16)(H,17,18,19). The number of carboxylic acid groups (broad SMARTS) is 1. The predicted molar refractivity (Wildman–Crippen MR) is 78.4 cm³/mol. The Morgan fingerprint density at radius 2 is 1.95 bits per heavy atom. The zero-order valence-electron chi connectivity index (χ0n) is 11.0. The van der Waals surface area contributed by atoms with E-state index in [1.165, 1.54) is 29.3 Å². The van der Waals surface area contributed by atoms with E-state index < -0.39 is 21.6 Å². The summed E-state index contributed by atoms with van der Waals surface area (Å²) >= 11 is 4.34. The fourth-order valence-electron chi connectivity index (χ4n) is 2.14. The number of hydrogen-bond donors (Lipinski definition) is 4. The summed E-state index contributed by atoms with van der Waals surface area (Å²) in [7, 11) is -4.24. The van der Waals surface area contributed by atoms with Crippen LogP contribution in [0.4, 0.5) is 5.69 Å². The molecule has 2 atom stereocenters. The van der Waals surface area contributed by atoms with Crippen molar-refractivity contribution in [1.82, 2.24) is 10.4 Å². The van der Waals surface area contributed by atoms with Crippen LogP contribution in [0.5, 0.6) is 0 Å². The van der Waals surface area contributed by atoms with Crippen molar-refractivity contribution >= 4 is 34.4 Å². The largest absolute Gasteiger partial charge is 0.480 e. The van der Waals surface area contributed by atoms with Crippen LogP contribution in [-0.2, 0) is 14.9 Å². The highest BCUT2D eigenvalue weighted by molar-refractivity contribution is 7.85. The van der Waals surface area contributed by atoms with Gasteiger partial charge in [0.25, 0.3) is 10.1 Å². The second kappa shape index (κ2) is 5.81. The topological polar surface area (TPSA) is 110 Å². The second-order valence-corrected chi connectivity index (χ2v) is 6.44. The number of hydrogen-bond acceptors (Lipinski definition) is 7. The Kier molecular flexibility index (Phi) is 4.44. The van der Waals surface area contributed by atoms with Gasteiger partial charge in [0.2, 0.25) is 0 Å². The van der Waals surface area contributed by atoms with Gasteiger partial charge < -0.3 is 10.0 Å². The normalized spacial score (nSPS) is 23.5. The number of benzene rings is 1. The third-order valence-corrected chi connectivity index (χ3v) is 4.37. The third kappa shape index (κ3) is 3.47. The highest BCUT2D eigenvalue weighted by Crippen LogP contribution is 2.27. The lowest BCUT2D eigenvalue weighted by Crippen LogP contribution is -2.42. The summed E-state index contributed by atoms with van der Waals surface area (Å²) in [5, 5.41) is 10.4. The van der Waals surface area contributed by atoms with Crippen LogP contribution < -0.4 is 10.3 Å². The average Bonchev–Trinajstić information content (AvgIpc) is 2.63. The molecule has 8 nitrogen and oxygen atoms in total. The predicted octanol–water partition coefficient (Wildman–Crippen LogP) is 0.204. The molecule has 2 rings (SSSR count). The summed E-state index contributed by atoms with van der Waals surface area (Å²) in [6.07, 6.45) is -0.291. The minimum absolute atomic E-state index is 0.197. The fraction of sp³-hybridized carbons (Fsp3) is 0.364. The lowest BCUT2D eigenvalue weighted by Gasteiger charge is -2.27. The van der Waals surface area contributed by atoms with Gasteiger partial charge in [-0.05, 0) is 31.2 Å². The van der Waals surface area contributed by atoms with Crippen LogP contribution in [0.3, 0.4) is 0 Å². The van der Waals surface area contributed by atoms with Crippen molar-refractivity contribution in [2.75, 3.05) is 11.4 Å². The van der Waals surface area contributed by atoms with Gasteiger partial charge in [-0.2, -0.15) is 8.42 Å². The van der Waals surface area contributed by atoms with Crippen LogP contribution in [-0.4, -0.2) is 47.3 Å². The molecule has 0 saturated carbocycles.